The van der Waals surface area contributed by atoms with Gasteiger partial charge in [-0.15, -0.1) is 0 Å². The van der Waals surface area contributed by atoms with Crippen LogP contribution in [0.4, 0.5) is 5.69 Å². The number of aryl methyl sites for hydroxylation is 1. The molecule has 1 aromatic rings. The van der Waals surface area contributed by atoms with Crippen molar-refractivity contribution >= 4 is 17.6 Å². The highest BCUT2D eigenvalue weighted by Crippen LogP contribution is 2.17. The third kappa shape index (κ3) is 5.25. The molecule has 0 radical (unpaired) electrons. The first-order valence-electron chi connectivity index (χ1n) is 8.02. The van der Waals surface area contributed by atoms with Gasteiger partial charge in [0.15, 0.2) is 0 Å². The molecule has 1 saturated heterocycles. The number of nitrogens with one attached hydrogen (secondary N) is 1. The smallest absolute Gasteiger partial charge is 0.325 e. The Kier molecular flexibility index (Phi) is 5.98. The number of hydrogen-bond acceptors (Lipinski definition) is 4. The maximum absolute atomic E-state index is 11.7. The fourth-order valence-electron chi connectivity index (χ4n) is 2.69. The summed E-state index contributed by atoms with van der Waals surface area (Å²) < 4.78 is 0. The van der Waals surface area contributed by atoms with Crippen molar-refractivity contribution in [1.29, 1.82) is 0 Å². The number of rotatable bonds is 6. The number of carbonyl (C=O) groups excluding carboxylic acids is 1. The summed E-state index contributed by atoms with van der Waals surface area (Å²) >= 11 is 0. The van der Waals surface area contributed by atoms with Gasteiger partial charge in [-0.05, 0) is 31.5 Å². The first-order valence-corrected chi connectivity index (χ1v) is 8.02. The molecule has 126 valence electrons. The van der Waals surface area contributed by atoms with Gasteiger partial charge < -0.3 is 15.3 Å². The standard InChI is InChI=1S/C17H25N3O3/c1-13-4-3-5-15(12-13)20-10-8-19(9-11-20)7-6-16(21)18-14(2)17(22)23/h3-5,12,14H,6-11H2,1-2H3,(H,18,21)(H,22,23)/t14-/m0/s1. The van der Waals surface area contributed by atoms with E-state index in [0.717, 1.165) is 26.2 Å². The summed E-state index contributed by atoms with van der Waals surface area (Å²) in [4.78, 5) is 27.0. The van der Waals surface area contributed by atoms with Crippen molar-refractivity contribution in [2.75, 3.05) is 37.6 Å². The van der Waals surface area contributed by atoms with E-state index in [1.54, 1.807) is 0 Å². The van der Waals surface area contributed by atoms with Gasteiger partial charge in [-0.2, -0.15) is 0 Å². The van der Waals surface area contributed by atoms with E-state index in [1.165, 1.54) is 18.2 Å². The van der Waals surface area contributed by atoms with Crippen LogP contribution in [0.1, 0.15) is 18.9 Å². The minimum atomic E-state index is -1.01. The second kappa shape index (κ2) is 7.97. The Balaban J connectivity index is 1.73. The lowest BCUT2D eigenvalue weighted by Gasteiger charge is -2.36. The van der Waals surface area contributed by atoms with Crippen LogP contribution < -0.4 is 10.2 Å². The van der Waals surface area contributed by atoms with Gasteiger partial charge in [0.05, 0.1) is 0 Å². The minimum absolute atomic E-state index is 0.207. The second-order valence-electron chi connectivity index (χ2n) is 6.05. The van der Waals surface area contributed by atoms with Crippen molar-refractivity contribution in [1.82, 2.24) is 10.2 Å². The summed E-state index contributed by atoms with van der Waals surface area (Å²) in [5.41, 5.74) is 2.51. The zero-order valence-corrected chi connectivity index (χ0v) is 13.8. The third-order valence-electron chi connectivity index (χ3n) is 4.14. The fraction of sp³-hybridized carbons (Fsp3) is 0.529. The molecule has 0 aliphatic carbocycles. The Morgan fingerprint density at radius 2 is 1.96 bits per heavy atom. The van der Waals surface area contributed by atoms with Crippen molar-refractivity contribution in [3.63, 3.8) is 0 Å². The molecule has 23 heavy (non-hydrogen) atoms. The van der Waals surface area contributed by atoms with Crippen LogP contribution in [0.25, 0.3) is 0 Å². The number of piperazine rings is 1. The molecule has 1 aliphatic heterocycles. The Morgan fingerprint density at radius 1 is 1.26 bits per heavy atom. The lowest BCUT2D eigenvalue weighted by molar-refractivity contribution is -0.141. The van der Waals surface area contributed by atoms with Crippen LogP contribution in [0.5, 0.6) is 0 Å². The average Bonchev–Trinajstić information content (AvgIpc) is 2.53. The highest BCUT2D eigenvalue weighted by Gasteiger charge is 2.19. The molecule has 2 rings (SSSR count). The summed E-state index contributed by atoms with van der Waals surface area (Å²) in [6.45, 7) is 7.94. The molecule has 1 heterocycles. The monoisotopic (exact) mass is 319 g/mol. The number of carboxylic acid groups (broad SMARTS) is 1. The molecule has 2 N–H and O–H groups in total. The van der Waals surface area contributed by atoms with Crippen LogP contribution >= 0.6 is 0 Å². The zero-order valence-electron chi connectivity index (χ0n) is 13.8. The molecule has 0 bridgehead atoms. The quantitative estimate of drug-likeness (QED) is 0.821. The Hall–Kier alpha value is -2.08. The Labute approximate surface area is 137 Å². The molecular weight excluding hydrogens is 294 g/mol. The lowest BCUT2D eigenvalue weighted by atomic mass is 10.2. The lowest BCUT2D eigenvalue weighted by Crippen LogP contribution is -2.47. The Morgan fingerprint density at radius 3 is 2.57 bits per heavy atom. The molecule has 1 fully saturated rings. The van der Waals surface area contributed by atoms with E-state index in [-0.39, 0.29) is 5.91 Å². The summed E-state index contributed by atoms with van der Waals surface area (Å²) in [6.07, 6.45) is 0.335. The van der Waals surface area contributed by atoms with E-state index in [9.17, 15) is 9.59 Å². The van der Waals surface area contributed by atoms with E-state index in [4.69, 9.17) is 5.11 Å². The van der Waals surface area contributed by atoms with Gasteiger partial charge in [0, 0.05) is 44.8 Å². The number of hydrogen-bond donors (Lipinski definition) is 2. The summed E-state index contributed by atoms with van der Waals surface area (Å²) in [7, 11) is 0. The molecule has 1 aromatic carbocycles. The highest BCUT2D eigenvalue weighted by atomic mass is 16.4. The van der Waals surface area contributed by atoms with E-state index in [0.29, 0.717) is 13.0 Å². The number of anilines is 1. The average molecular weight is 319 g/mol. The molecule has 1 aliphatic rings. The van der Waals surface area contributed by atoms with Gasteiger partial charge in [-0.25, -0.2) is 0 Å². The molecule has 0 unspecified atom stereocenters. The molecular formula is C17H25N3O3. The van der Waals surface area contributed by atoms with Crippen molar-refractivity contribution in [3.8, 4) is 0 Å². The van der Waals surface area contributed by atoms with E-state index in [1.807, 2.05) is 0 Å². The summed E-state index contributed by atoms with van der Waals surface area (Å²) in [6, 6.07) is 7.65. The van der Waals surface area contributed by atoms with Crippen LogP contribution in [-0.4, -0.2) is 60.6 Å². The van der Waals surface area contributed by atoms with Gasteiger partial charge in [0.25, 0.3) is 0 Å². The van der Waals surface area contributed by atoms with Gasteiger partial charge in [-0.1, -0.05) is 12.1 Å². The molecule has 6 heteroatoms. The number of nitrogens with zero attached hydrogens (tertiary/aromatic N) is 2. The van der Waals surface area contributed by atoms with Crippen molar-refractivity contribution in [2.24, 2.45) is 0 Å². The molecule has 0 aromatic heterocycles. The number of aliphatic carboxylic acids is 1. The maximum Gasteiger partial charge on any atom is 0.325 e. The van der Waals surface area contributed by atoms with Gasteiger partial charge in [-0.3, -0.25) is 14.5 Å². The third-order valence-corrected chi connectivity index (χ3v) is 4.14. The predicted molar refractivity (Wildman–Crippen MR) is 89.7 cm³/mol. The minimum Gasteiger partial charge on any atom is -0.480 e. The van der Waals surface area contributed by atoms with Crippen LogP contribution in [0.15, 0.2) is 24.3 Å². The fourth-order valence-corrected chi connectivity index (χ4v) is 2.69. The van der Waals surface area contributed by atoms with E-state index < -0.39 is 12.0 Å². The van der Waals surface area contributed by atoms with Crippen molar-refractivity contribution < 1.29 is 14.7 Å². The maximum atomic E-state index is 11.7. The van der Waals surface area contributed by atoms with Crippen LogP contribution in [0, 0.1) is 6.92 Å². The number of benzene rings is 1. The largest absolute Gasteiger partial charge is 0.480 e. The zero-order chi connectivity index (χ0) is 16.8. The van der Waals surface area contributed by atoms with Crippen LogP contribution in [-0.2, 0) is 9.59 Å². The first kappa shape index (κ1) is 17.3. The van der Waals surface area contributed by atoms with Crippen molar-refractivity contribution in [3.05, 3.63) is 29.8 Å². The van der Waals surface area contributed by atoms with Crippen LogP contribution in [0.3, 0.4) is 0 Å². The molecule has 0 spiro atoms. The highest BCUT2D eigenvalue weighted by molar-refractivity contribution is 5.83. The van der Waals surface area contributed by atoms with Gasteiger partial charge >= 0.3 is 5.97 Å². The molecule has 1 amide bonds. The molecule has 1 atom stereocenters. The Bertz CT molecular complexity index is 554. The number of carboxylic acids is 1. The summed E-state index contributed by atoms with van der Waals surface area (Å²) in [5.74, 6) is -1.22. The number of carbonyl (C=O) groups is 2. The summed E-state index contributed by atoms with van der Waals surface area (Å²) in [5, 5.41) is 11.3. The van der Waals surface area contributed by atoms with E-state index >= 15 is 0 Å². The van der Waals surface area contributed by atoms with Crippen LogP contribution in [0.2, 0.25) is 0 Å². The topological polar surface area (TPSA) is 72.9 Å². The predicted octanol–water partition coefficient (Wildman–Crippen LogP) is 1.10. The van der Waals surface area contributed by atoms with Gasteiger partial charge in [0.2, 0.25) is 5.91 Å². The molecule has 0 saturated carbocycles. The molecule has 6 nitrogen and oxygen atoms in total. The second-order valence-corrected chi connectivity index (χ2v) is 6.05. The van der Waals surface area contributed by atoms with Crippen molar-refractivity contribution in [2.45, 2.75) is 26.3 Å². The SMILES string of the molecule is Cc1cccc(N2CCN(CCC(=O)N[C@@H](C)C(=O)O)CC2)c1. The normalized spacial score (nSPS) is 16.9. The van der Waals surface area contributed by atoms with E-state index in [2.05, 4.69) is 46.3 Å². The van der Waals surface area contributed by atoms with Gasteiger partial charge in [0.1, 0.15) is 6.04 Å². The number of amides is 1. The first-order chi connectivity index (χ1) is 11.0.